The maximum atomic E-state index is 11.9. The molecule has 4 N–H and O–H groups in total. The number of hydrogen-bond donors (Lipinski definition) is 6. The molecule has 0 saturated carbocycles. The summed E-state index contributed by atoms with van der Waals surface area (Å²) in [5.74, 6) is -0.174. The van der Waals surface area contributed by atoms with Crippen LogP contribution in [0.15, 0.2) is 58.3 Å². The van der Waals surface area contributed by atoms with Crippen LogP contribution >= 0.6 is 25.3 Å². The molecule has 2 aromatic carbocycles. The second kappa shape index (κ2) is 25.4. The minimum atomic E-state index is -4.67. The molecule has 2 unspecified atom stereocenters. The molecule has 0 heterocycles. The Kier molecular flexibility index (Phi) is 25.4. The first kappa shape index (κ1) is 42.0. The van der Waals surface area contributed by atoms with E-state index in [0.29, 0.717) is 40.4 Å². The summed E-state index contributed by atoms with van der Waals surface area (Å²) in [6, 6.07) is 13.8. The lowest BCUT2D eigenvalue weighted by molar-refractivity contribution is 0.0424. The fraction of sp³-hybridized carbons (Fsp3) is 0.533. The number of carboxylic acids is 1. The smallest absolute Gasteiger partial charge is 0.394 e. The van der Waals surface area contributed by atoms with Crippen LogP contribution in [0.4, 0.5) is 0 Å². The molecule has 0 saturated heterocycles. The van der Waals surface area contributed by atoms with Gasteiger partial charge in [-0.2, -0.15) is 8.42 Å². The van der Waals surface area contributed by atoms with Gasteiger partial charge in [-0.25, -0.2) is 9.59 Å². The molecule has 0 fully saturated rings. The molecule has 12 heteroatoms. The van der Waals surface area contributed by atoms with Gasteiger partial charge in [0.2, 0.25) is 0 Å². The van der Waals surface area contributed by atoms with Gasteiger partial charge < -0.3 is 14.9 Å². The van der Waals surface area contributed by atoms with E-state index in [1.54, 1.807) is 30.3 Å². The van der Waals surface area contributed by atoms with E-state index in [-0.39, 0.29) is 11.5 Å². The number of aromatic carboxylic acids is 1. The monoisotopic (exact) mass is 648 g/mol. The molecular weight excluding hydrogens is 601 g/mol. The van der Waals surface area contributed by atoms with Crippen molar-refractivity contribution in [3.8, 4) is 0 Å². The van der Waals surface area contributed by atoms with Crippen LogP contribution in [0, 0.1) is 11.8 Å². The average Bonchev–Trinajstić information content (AvgIpc) is 2.94. The predicted molar refractivity (Wildman–Crippen MR) is 173 cm³/mol. The first-order valence-corrected chi connectivity index (χ1v) is 16.3. The normalized spacial score (nSPS) is 11.7. The van der Waals surface area contributed by atoms with Crippen LogP contribution < -0.4 is 0 Å². The molecule has 0 aliphatic rings. The van der Waals surface area contributed by atoms with Crippen molar-refractivity contribution < 1.29 is 42.1 Å². The third kappa shape index (κ3) is 23.5. The summed E-state index contributed by atoms with van der Waals surface area (Å²) < 4.78 is 37.0. The van der Waals surface area contributed by atoms with Crippen molar-refractivity contribution in [3.63, 3.8) is 0 Å². The van der Waals surface area contributed by atoms with Crippen molar-refractivity contribution >= 4 is 47.6 Å². The summed E-state index contributed by atoms with van der Waals surface area (Å²) in [5, 5.41) is 17.3. The maximum absolute atomic E-state index is 11.9. The second-order valence-corrected chi connectivity index (χ2v) is 11.3. The lowest BCUT2D eigenvalue weighted by Gasteiger charge is -2.15. The van der Waals surface area contributed by atoms with E-state index in [1.165, 1.54) is 38.2 Å². The number of ether oxygens (including phenoxy) is 1. The molecule has 240 valence electrons. The Labute approximate surface area is 262 Å². The lowest BCUT2D eigenvalue weighted by atomic mass is 10.0. The van der Waals surface area contributed by atoms with E-state index in [4.69, 9.17) is 32.5 Å². The maximum Gasteiger partial charge on any atom is 0.394 e. The third-order valence-corrected chi connectivity index (χ3v) is 6.83. The highest BCUT2D eigenvalue weighted by Crippen LogP contribution is 2.17. The molecule has 2 atom stereocenters. The zero-order valence-electron chi connectivity index (χ0n) is 25.0. The number of aliphatic hydroxyl groups is 1. The van der Waals surface area contributed by atoms with Gasteiger partial charge in [0.1, 0.15) is 0 Å². The molecule has 0 aliphatic carbocycles. The van der Waals surface area contributed by atoms with E-state index in [2.05, 4.69) is 53.0 Å². The van der Waals surface area contributed by atoms with Crippen molar-refractivity contribution in [2.75, 3.05) is 13.2 Å². The van der Waals surface area contributed by atoms with Crippen LogP contribution in [0.3, 0.4) is 0 Å². The van der Waals surface area contributed by atoms with Gasteiger partial charge in [-0.05, 0) is 48.9 Å². The quantitative estimate of drug-likeness (QED) is 0.0732. The molecule has 9 nitrogen and oxygen atoms in total. The molecule has 0 bridgehead atoms. The molecule has 0 aromatic heterocycles. The Balaban J connectivity index is 0. The van der Waals surface area contributed by atoms with E-state index < -0.39 is 16.4 Å². The number of carbonyl (C=O) groups excluding carboxylic acids is 1. The van der Waals surface area contributed by atoms with Crippen LogP contribution in [0.5, 0.6) is 0 Å². The Bertz CT molecular complexity index is 1100. The van der Waals surface area contributed by atoms with Crippen LogP contribution in [-0.4, -0.2) is 52.9 Å². The average molecular weight is 649 g/mol. The fourth-order valence-corrected chi connectivity index (χ4v) is 3.90. The zero-order chi connectivity index (χ0) is 32.6. The third-order valence-electron chi connectivity index (χ3n) is 6.05. The standard InChI is InChI=1S/C15H22O2S.C8H18O.C7H6O2S.H2O4S/c1-3-5-8-12(4-2)11-17-15(16)13-9-6-7-10-14(13)18;1-3-5-6-8(4-2)7-9;8-7(9)5-3-1-2-4-6(5)10;1-5(2,3)4/h6-7,9-10,12,18H,3-5,8,11H2,1-2H3;8-9H,3-7H2,1-2H3;1-4,10H,(H,8,9);(H2,1,2,3,4). The molecule has 0 radical (unpaired) electrons. The second-order valence-electron chi connectivity index (χ2n) is 9.40. The first-order chi connectivity index (χ1) is 19.7. The topological polar surface area (TPSA) is 158 Å². The first-order valence-electron chi connectivity index (χ1n) is 14.0. The number of thiol groups is 2. The number of benzene rings is 2. The SMILES string of the molecule is CCCCC(CC)CO.CCCCC(CC)COC(=O)c1ccccc1S.O=C(O)c1ccccc1S.O=S(=O)(O)O. The van der Waals surface area contributed by atoms with Crippen LogP contribution in [0.2, 0.25) is 0 Å². The van der Waals surface area contributed by atoms with Crippen LogP contribution in [-0.2, 0) is 15.1 Å². The predicted octanol–water partition coefficient (Wildman–Crippen LogP) is 7.56. The number of aliphatic hydroxyl groups excluding tert-OH is 1. The number of carboxylic acid groups (broad SMARTS) is 1. The van der Waals surface area contributed by atoms with Crippen molar-refractivity contribution in [1.82, 2.24) is 0 Å². The van der Waals surface area contributed by atoms with Gasteiger partial charge in [-0.15, -0.1) is 25.3 Å². The Morgan fingerprint density at radius 2 is 1.19 bits per heavy atom. The van der Waals surface area contributed by atoms with Gasteiger partial charge in [0.25, 0.3) is 0 Å². The molecule has 2 aromatic rings. The zero-order valence-corrected chi connectivity index (χ0v) is 27.6. The molecule has 2 rings (SSSR count). The van der Waals surface area contributed by atoms with Gasteiger partial charge in [-0.3, -0.25) is 9.11 Å². The number of hydrogen-bond acceptors (Lipinski definition) is 8. The highest BCUT2D eigenvalue weighted by atomic mass is 32.3. The summed E-state index contributed by atoms with van der Waals surface area (Å²) >= 11 is 8.22. The summed E-state index contributed by atoms with van der Waals surface area (Å²) in [7, 11) is -4.67. The van der Waals surface area contributed by atoms with Gasteiger partial charge in [-0.1, -0.05) is 90.5 Å². The van der Waals surface area contributed by atoms with Gasteiger partial charge in [0, 0.05) is 16.4 Å². The molecule has 0 spiro atoms. The Hall–Kier alpha value is -2.09. The van der Waals surface area contributed by atoms with Crippen LogP contribution in [0.25, 0.3) is 0 Å². The number of esters is 1. The number of rotatable bonds is 13. The van der Waals surface area contributed by atoms with E-state index in [0.717, 1.165) is 19.3 Å². The fourth-order valence-electron chi connectivity index (χ4n) is 3.39. The molecule has 0 aliphatic heterocycles. The summed E-state index contributed by atoms with van der Waals surface area (Å²) in [5.41, 5.74) is 0.789. The van der Waals surface area contributed by atoms with E-state index in [1.807, 2.05) is 12.1 Å². The van der Waals surface area contributed by atoms with Gasteiger partial charge in [0.05, 0.1) is 17.7 Å². The van der Waals surface area contributed by atoms with Crippen molar-refractivity contribution in [1.29, 1.82) is 0 Å². The van der Waals surface area contributed by atoms with Gasteiger partial charge >= 0.3 is 22.3 Å². The number of unbranched alkanes of at least 4 members (excludes halogenated alkanes) is 2. The summed E-state index contributed by atoms with van der Waals surface area (Å²) in [6.07, 6.45) is 9.39. The summed E-state index contributed by atoms with van der Waals surface area (Å²) in [4.78, 5) is 23.4. The molecule has 0 amide bonds. The minimum Gasteiger partial charge on any atom is -0.478 e. The summed E-state index contributed by atoms with van der Waals surface area (Å²) in [6.45, 7) is 9.52. The van der Waals surface area contributed by atoms with Crippen molar-refractivity contribution in [3.05, 3.63) is 59.7 Å². The lowest BCUT2D eigenvalue weighted by Crippen LogP contribution is -2.14. The molecular formula is C30H48O9S3. The largest absolute Gasteiger partial charge is 0.478 e. The van der Waals surface area contributed by atoms with E-state index in [9.17, 15) is 9.59 Å². The minimum absolute atomic E-state index is 0.242. The van der Waals surface area contributed by atoms with Crippen molar-refractivity contribution in [2.45, 2.75) is 88.9 Å². The van der Waals surface area contributed by atoms with Crippen LogP contribution in [0.1, 0.15) is 99.8 Å². The van der Waals surface area contributed by atoms with Crippen molar-refractivity contribution in [2.24, 2.45) is 11.8 Å². The Morgan fingerprint density at radius 1 is 0.786 bits per heavy atom. The number of carbonyl (C=O) groups is 2. The highest BCUT2D eigenvalue weighted by molar-refractivity contribution is 7.80. The highest BCUT2D eigenvalue weighted by Gasteiger charge is 2.13. The van der Waals surface area contributed by atoms with Gasteiger partial charge in [0.15, 0.2) is 0 Å². The van der Waals surface area contributed by atoms with E-state index >= 15 is 0 Å². The molecule has 42 heavy (non-hydrogen) atoms. The Morgan fingerprint density at radius 3 is 1.52 bits per heavy atom.